The highest BCUT2D eigenvalue weighted by atomic mass is 35.5. The van der Waals surface area contributed by atoms with Gasteiger partial charge in [-0.15, -0.1) is 0 Å². The van der Waals surface area contributed by atoms with Crippen LogP contribution in [0.25, 0.3) is 22.2 Å². The lowest BCUT2D eigenvalue weighted by molar-refractivity contribution is -0.384. The van der Waals surface area contributed by atoms with Gasteiger partial charge in [-0.05, 0) is 89.7 Å². The van der Waals surface area contributed by atoms with E-state index in [1.165, 1.54) is 28.2 Å². The largest absolute Gasteiger partial charge is 0.366 e. The van der Waals surface area contributed by atoms with Crippen molar-refractivity contribution in [2.75, 3.05) is 36.5 Å². The number of sulfonamides is 1. The van der Waals surface area contributed by atoms with E-state index in [9.17, 15) is 23.3 Å². The van der Waals surface area contributed by atoms with Gasteiger partial charge in [0.15, 0.2) is 0 Å². The topological polar surface area (TPSA) is 145 Å². The number of H-pyrrole nitrogens is 1. The molecule has 1 atom stereocenters. The summed E-state index contributed by atoms with van der Waals surface area (Å²) in [6, 6.07) is 32.8. The van der Waals surface area contributed by atoms with Crippen molar-refractivity contribution < 1.29 is 18.1 Å². The van der Waals surface area contributed by atoms with Crippen LogP contribution in [0.1, 0.15) is 27.9 Å². The molecule has 54 heavy (non-hydrogen) atoms. The Morgan fingerprint density at radius 3 is 2.57 bits per heavy atom. The van der Waals surface area contributed by atoms with E-state index in [0.29, 0.717) is 22.5 Å². The van der Waals surface area contributed by atoms with Crippen LogP contribution in [-0.4, -0.2) is 66.8 Å². The highest BCUT2D eigenvalue weighted by Crippen LogP contribution is 2.36. The quantitative estimate of drug-likeness (QED) is 0.114. The Morgan fingerprint density at radius 1 is 1.00 bits per heavy atom. The van der Waals surface area contributed by atoms with Crippen molar-refractivity contribution in [3.8, 4) is 11.1 Å². The van der Waals surface area contributed by atoms with Crippen LogP contribution in [0, 0.1) is 10.1 Å². The maximum absolute atomic E-state index is 13.4. The molecule has 0 radical (unpaired) electrons. The van der Waals surface area contributed by atoms with Gasteiger partial charge in [-0.3, -0.25) is 19.8 Å². The van der Waals surface area contributed by atoms with E-state index in [0.717, 1.165) is 67.4 Å². The summed E-state index contributed by atoms with van der Waals surface area (Å²) in [6.45, 7) is 3.41. The maximum atomic E-state index is 13.4. The van der Waals surface area contributed by atoms with Crippen molar-refractivity contribution in [3.63, 3.8) is 0 Å². The molecule has 1 fully saturated rings. The highest BCUT2D eigenvalue weighted by Gasteiger charge is 2.33. The Hall–Kier alpha value is -5.76. The monoisotopic (exact) mass is 761 g/mol. The van der Waals surface area contributed by atoms with Gasteiger partial charge in [-0.25, -0.2) is 18.1 Å². The van der Waals surface area contributed by atoms with Crippen molar-refractivity contribution in [2.24, 2.45) is 0 Å². The van der Waals surface area contributed by atoms with Crippen molar-refractivity contribution in [3.05, 3.63) is 141 Å². The summed E-state index contributed by atoms with van der Waals surface area (Å²) in [5.41, 5.74) is 6.91. The normalized spacial score (nSPS) is 15.7. The molecule has 0 spiro atoms. The first-order valence-electron chi connectivity index (χ1n) is 17.5. The minimum atomic E-state index is -4.45. The summed E-state index contributed by atoms with van der Waals surface area (Å²) in [6.07, 6.45) is 1.64. The second-order valence-corrected chi connectivity index (χ2v) is 15.7. The van der Waals surface area contributed by atoms with Gasteiger partial charge in [0, 0.05) is 61.6 Å². The minimum Gasteiger partial charge on any atom is -0.366 e. The zero-order valence-electron chi connectivity index (χ0n) is 29.3. The number of imidazole rings is 1. The number of anilines is 3. The Kier molecular flexibility index (Phi) is 9.30. The number of nitrogens with one attached hydrogen (secondary N) is 2. The van der Waals surface area contributed by atoms with Gasteiger partial charge in [0.1, 0.15) is 5.69 Å². The van der Waals surface area contributed by atoms with E-state index < -0.39 is 31.4 Å². The molecule has 12 nitrogen and oxygen atoms in total. The zero-order valence-corrected chi connectivity index (χ0v) is 30.8. The molecule has 2 aliphatic rings. The molecule has 3 heterocycles. The number of rotatable bonds is 9. The number of nitro groups is 1. The van der Waals surface area contributed by atoms with Gasteiger partial charge in [0.2, 0.25) is 5.95 Å². The molecule has 0 aliphatic carbocycles. The summed E-state index contributed by atoms with van der Waals surface area (Å²) >= 11 is 6.14. The molecule has 8 rings (SSSR count). The second-order valence-electron chi connectivity index (χ2n) is 13.6. The van der Waals surface area contributed by atoms with Crippen molar-refractivity contribution in [1.82, 2.24) is 19.6 Å². The van der Waals surface area contributed by atoms with Crippen LogP contribution in [0.2, 0.25) is 5.02 Å². The second kappa shape index (κ2) is 14.2. The van der Waals surface area contributed by atoms with Crippen LogP contribution in [0.3, 0.4) is 0 Å². The fourth-order valence-corrected chi connectivity index (χ4v) is 8.64. The fraction of sp³-hybridized carbons (Fsp3) is 0.200. The molecule has 0 unspecified atom stereocenters. The summed E-state index contributed by atoms with van der Waals surface area (Å²) < 4.78 is 28.9. The van der Waals surface area contributed by atoms with E-state index >= 15 is 0 Å². The maximum Gasteiger partial charge on any atom is 0.294 e. The van der Waals surface area contributed by atoms with E-state index in [1.807, 2.05) is 42.5 Å². The van der Waals surface area contributed by atoms with Crippen LogP contribution >= 0.6 is 11.6 Å². The number of hydrogen-bond acceptors (Lipinski definition) is 9. The lowest BCUT2D eigenvalue weighted by atomic mass is 9.92. The lowest BCUT2D eigenvalue weighted by Crippen LogP contribution is -2.54. The molecule has 1 amide bonds. The van der Waals surface area contributed by atoms with Gasteiger partial charge < -0.3 is 14.8 Å². The first kappa shape index (κ1) is 35.3. The SMILES string of the molecule is CN(c1nc2ccccc2[nH]1)c1ccc(S(=O)(=O)NC(=O)c2ccc3c(c2)CC[C@H]2CN(Cc4ccccc4-c4ccc(Cl)cc4)CCN32)cc1[N+](=O)[O-]. The van der Waals surface area contributed by atoms with E-state index in [2.05, 4.69) is 60.9 Å². The number of carbonyl (C=O) groups is 1. The molecule has 0 saturated carbocycles. The summed E-state index contributed by atoms with van der Waals surface area (Å²) in [4.78, 5) is 38.4. The molecule has 5 aromatic carbocycles. The minimum absolute atomic E-state index is 0.126. The van der Waals surface area contributed by atoms with Crippen LogP contribution < -0.4 is 14.5 Å². The van der Waals surface area contributed by atoms with Crippen LogP contribution in [0.5, 0.6) is 0 Å². The molecule has 274 valence electrons. The summed E-state index contributed by atoms with van der Waals surface area (Å²) in [5.74, 6) is -0.463. The number of para-hydroxylation sites is 2. The molecular weight excluding hydrogens is 726 g/mol. The number of aromatic nitrogens is 2. The Morgan fingerprint density at radius 2 is 1.78 bits per heavy atom. The molecular formula is C40H36ClN7O5S. The highest BCUT2D eigenvalue weighted by molar-refractivity contribution is 7.90. The average molecular weight is 762 g/mol. The molecule has 6 aromatic rings. The third-order valence-electron chi connectivity index (χ3n) is 10.3. The van der Waals surface area contributed by atoms with Gasteiger partial charge in [-0.2, -0.15) is 0 Å². The Bertz CT molecular complexity index is 2490. The average Bonchev–Trinajstić information content (AvgIpc) is 3.62. The molecule has 2 aliphatic heterocycles. The van der Waals surface area contributed by atoms with Gasteiger partial charge in [0.05, 0.1) is 20.9 Å². The number of nitro benzene ring substituents is 1. The van der Waals surface area contributed by atoms with Crippen LogP contribution in [0.15, 0.2) is 114 Å². The van der Waals surface area contributed by atoms with Gasteiger partial charge in [0.25, 0.3) is 21.6 Å². The van der Waals surface area contributed by atoms with E-state index in [4.69, 9.17) is 11.6 Å². The Balaban J connectivity index is 0.947. The number of benzene rings is 5. The summed E-state index contributed by atoms with van der Waals surface area (Å²) in [7, 11) is -2.86. The number of aryl methyl sites for hydroxylation is 1. The number of aromatic amines is 1. The number of piperazine rings is 1. The van der Waals surface area contributed by atoms with E-state index in [1.54, 1.807) is 19.2 Å². The first-order chi connectivity index (χ1) is 26.0. The zero-order chi connectivity index (χ0) is 37.6. The molecule has 14 heteroatoms. The number of amides is 1. The molecule has 1 saturated heterocycles. The number of nitrogens with zero attached hydrogens (tertiary/aromatic N) is 5. The molecule has 1 aromatic heterocycles. The number of fused-ring (bicyclic) bond motifs is 4. The number of halogens is 1. The van der Waals surface area contributed by atoms with Gasteiger partial charge >= 0.3 is 0 Å². The standard InChI is InChI=1S/C40H36ClN7O5S/c1-45(40-42-34-8-4-5-9-35(34)43-40)37-19-17-32(23-38(37)48(50)51)54(52,53)44-39(49)28-13-18-36-27(22-28)12-16-31-25-46(20-21-47(31)36)24-29-6-2-3-7-33(29)26-10-14-30(41)15-11-26/h2-11,13-15,17-19,22-23,31H,12,16,20-21,24-25H2,1H3,(H,42,43)(H,44,49)/t31-/m0/s1. The van der Waals surface area contributed by atoms with Crippen LogP contribution in [-0.2, 0) is 23.0 Å². The molecule has 2 N–H and O–H groups in total. The first-order valence-corrected chi connectivity index (χ1v) is 19.4. The molecule has 0 bridgehead atoms. The predicted molar refractivity (Wildman–Crippen MR) is 210 cm³/mol. The van der Waals surface area contributed by atoms with Crippen molar-refractivity contribution in [2.45, 2.75) is 30.3 Å². The summed E-state index contributed by atoms with van der Waals surface area (Å²) in [5, 5.41) is 12.8. The fourth-order valence-electron chi connectivity index (χ4n) is 7.52. The number of hydrogen-bond donors (Lipinski definition) is 2. The van der Waals surface area contributed by atoms with Crippen molar-refractivity contribution in [1.29, 1.82) is 0 Å². The Labute approximate surface area is 317 Å². The number of carbonyl (C=O) groups excluding carboxylic acids is 1. The lowest BCUT2D eigenvalue weighted by Gasteiger charge is -2.46. The van der Waals surface area contributed by atoms with Gasteiger partial charge in [-0.1, -0.05) is 60.1 Å². The van der Waals surface area contributed by atoms with E-state index in [-0.39, 0.29) is 11.3 Å². The van der Waals surface area contributed by atoms with Crippen LogP contribution in [0.4, 0.5) is 23.0 Å². The smallest absolute Gasteiger partial charge is 0.294 e. The third-order valence-corrected chi connectivity index (χ3v) is 11.8. The third kappa shape index (κ3) is 6.89. The predicted octanol–water partition coefficient (Wildman–Crippen LogP) is 7.32. The van der Waals surface area contributed by atoms with Crippen molar-refractivity contribution >= 4 is 61.6 Å².